The molecule has 0 aliphatic rings. The molecule has 10 nitrogen and oxygen atoms in total. The second kappa shape index (κ2) is 6.87. The molecule has 0 fully saturated rings. The van der Waals surface area contributed by atoms with Gasteiger partial charge in [0.1, 0.15) is 0 Å². The Labute approximate surface area is 150 Å². The van der Waals surface area contributed by atoms with E-state index in [1.54, 1.807) is 25.1 Å². The Bertz CT molecular complexity index is 965. The minimum Gasteiger partial charge on any atom is -0.378 e. The highest BCUT2D eigenvalue weighted by Gasteiger charge is 2.22. The average Bonchev–Trinajstić information content (AvgIpc) is 3.16. The Morgan fingerprint density at radius 1 is 1.36 bits per heavy atom. The minimum absolute atomic E-state index is 0.0294. The molecule has 0 bridgehead atoms. The van der Waals surface area contributed by atoms with Crippen molar-refractivity contribution in [2.75, 3.05) is 5.73 Å². The van der Waals surface area contributed by atoms with Crippen molar-refractivity contribution in [2.45, 2.75) is 6.92 Å². The second-order valence-corrected chi connectivity index (χ2v) is 5.60. The maximum Gasteiger partial charge on any atom is 0.292 e. The van der Waals surface area contributed by atoms with Gasteiger partial charge in [-0.1, -0.05) is 34.5 Å². The fourth-order valence-corrected chi connectivity index (χ4v) is 2.22. The molecule has 0 atom stereocenters. The number of nitrogen functional groups attached to an aromatic ring is 1. The van der Waals surface area contributed by atoms with Gasteiger partial charge in [0.15, 0.2) is 5.69 Å². The molecule has 0 spiro atoms. The molecule has 2 aromatic heterocycles. The number of benzene rings is 1. The molecule has 0 unspecified atom stereocenters. The quantitative estimate of drug-likeness (QED) is 0.517. The maximum absolute atomic E-state index is 12.4. The minimum atomic E-state index is -0.568. The van der Waals surface area contributed by atoms with Crippen LogP contribution in [0, 0.1) is 6.92 Å². The summed E-state index contributed by atoms with van der Waals surface area (Å²) in [5, 5.41) is 19.3. The Kier molecular flexibility index (Phi) is 4.63. The van der Waals surface area contributed by atoms with Crippen LogP contribution in [0.3, 0.4) is 0 Å². The summed E-state index contributed by atoms with van der Waals surface area (Å²) in [7, 11) is 0. The monoisotopic (exact) mass is 380 g/mol. The molecule has 25 heavy (non-hydrogen) atoms. The van der Waals surface area contributed by atoms with Gasteiger partial charge in [-0.2, -0.15) is 9.78 Å². The Hall–Kier alpha value is -2.98. The van der Waals surface area contributed by atoms with E-state index in [1.807, 2.05) is 0 Å². The molecule has 2 heterocycles. The normalized spacial score (nSPS) is 11.2. The Morgan fingerprint density at radius 3 is 2.84 bits per heavy atom. The van der Waals surface area contributed by atoms with Gasteiger partial charge in [-0.15, -0.1) is 5.10 Å². The van der Waals surface area contributed by atoms with Crippen LogP contribution in [-0.2, 0) is 0 Å². The number of halogens is 2. The third-order valence-corrected chi connectivity index (χ3v) is 3.81. The van der Waals surface area contributed by atoms with E-state index in [0.717, 1.165) is 4.68 Å². The lowest BCUT2D eigenvalue weighted by Crippen LogP contribution is -2.22. The third kappa shape index (κ3) is 3.44. The molecule has 0 saturated carbocycles. The smallest absolute Gasteiger partial charge is 0.292 e. The summed E-state index contributed by atoms with van der Waals surface area (Å²) in [5.74, 6) is -0.543. The van der Waals surface area contributed by atoms with E-state index in [-0.39, 0.29) is 17.3 Å². The number of anilines is 1. The fourth-order valence-electron chi connectivity index (χ4n) is 1.91. The molecule has 0 aliphatic heterocycles. The number of nitrogens with two attached hydrogens (primary N) is 1. The molecule has 3 aromatic rings. The number of nitrogens with one attached hydrogen (secondary N) is 1. The summed E-state index contributed by atoms with van der Waals surface area (Å²) in [6, 6.07) is 4.93. The van der Waals surface area contributed by atoms with Gasteiger partial charge in [-0.05, 0) is 34.9 Å². The van der Waals surface area contributed by atoms with Crippen molar-refractivity contribution >= 4 is 41.1 Å². The van der Waals surface area contributed by atoms with Crippen LogP contribution in [0.4, 0.5) is 5.82 Å². The van der Waals surface area contributed by atoms with Crippen LogP contribution in [-0.4, -0.2) is 37.4 Å². The highest BCUT2D eigenvalue weighted by Crippen LogP contribution is 2.21. The number of carbonyl (C=O) groups is 1. The molecule has 0 aliphatic carbocycles. The van der Waals surface area contributed by atoms with Gasteiger partial charge in [0.2, 0.25) is 11.6 Å². The molecule has 3 rings (SSSR count). The number of carbonyl (C=O) groups excluding carboxylic acids is 1. The van der Waals surface area contributed by atoms with Crippen LogP contribution in [0.25, 0.3) is 5.82 Å². The van der Waals surface area contributed by atoms with Crippen molar-refractivity contribution in [1.29, 1.82) is 0 Å². The number of rotatable bonds is 4. The van der Waals surface area contributed by atoms with Crippen LogP contribution in [0.15, 0.2) is 27.9 Å². The Balaban J connectivity index is 1.80. The van der Waals surface area contributed by atoms with Crippen LogP contribution >= 0.6 is 23.2 Å². The fraction of sp³-hybridized carbons (Fsp3) is 0.0769. The third-order valence-electron chi connectivity index (χ3n) is 3.07. The van der Waals surface area contributed by atoms with Crippen LogP contribution in [0.1, 0.15) is 21.7 Å². The number of amides is 1. The standard InChI is InChI=1S/C13H10Cl2N8O2/c1-6-10(23(22-18-6)12-11(16)20-25-21-12)13(24)19-17-5-7-2-3-8(14)9(15)4-7/h2-5H,1H3,(H2,16,20)(H,19,24)/b17-5-. The molecule has 0 saturated heterocycles. The summed E-state index contributed by atoms with van der Waals surface area (Å²) in [6.07, 6.45) is 1.41. The van der Waals surface area contributed by atoms with Gasteiger partial charge in [-0.3, -0.25) is 4.79 Å². The van der Waals surface area contributed by atoms with E-state index in [0.29, 0.717) is 21.3 Å². The zero-order chi connectivity index (χ0) is 18.0. The lowest BCUT2D eigenvalue weighted by molar-refractivity contribution is 0.0946. The molecule has 1 aromatic carbocycles. The maximum atomic E-state index is 12.4. The summed E-state index contributed by atoms with van der Waals surface area (Å²) in [5.41, 5.74) is 9.08. The zero-order valence-electron chi connectivity index (χ0n) is 12.6. The zero-order valence-corrected chi connectivity index (χ0v) is 14.2. The first-order chi connectivity index (χ1) is 12.0. The van der Waals surface area contributed by atoms with E-state index in [1.165, 1.54) is 6.21 Å². The molecule has 12 heteroatoms. The lowest BCUT2D eigenvalue weighted by atomic mass is 10.2. The van der Waals surface area contributed by atoms with Crippen molar-refractivity contribution < 1.29 is 9.42 Å². The number of aromatic nitrogens is 5. The second-order valence-electron chi connectivity index (χ2n) is 4.78. The summed E-state index contributed by atoms with van der Waals surface area (Å²) in [4.78, 5) is 12.4. The van der Waals surface area contributed by atoms with Gasteiger partial charge < -0.3 is 5.73 Å². The molecule has 0 radical (unpaired) electrons. The van der Waals surface area contributed by atoms with Crippen molar-refractivity contribution in [3.05, 3.63) is 45.2 Å². The van der Waals surface area contributed by atoms with Gasteiger partial charge in [-0.25, -0.2) is 10.1 Å². The van der Waals surface area contributed by atoms with Gasteiger partial charge in [0.05, 0.1) is 22.0 Å². The first-order valence-electron chi connectivity index (χ1n) is 6.76. The van der Waals surface area contributed by atoms with E-state index in [2.05, 4.69) is 35.8 Å². The summed E-state index contributed by atoms with van der Waals surface area (Å²) >= 11 is 11.8. The molecular weight excluding hydrogens is 371 g/mol. The number of hydrogen-bond acceptors (Lipinski definition) is 8. The lowest BCUT2D eigenvalue weighted by Gasteiger charge is -2.02. The highest BCUT2D eigenvalue weighted by atomic mass is 35.5. The summed E-state index contributed by atoms with van der Waals surface area (Å²) in [6.45, 7) is 1.60. The van der Waals surface area contributed by atoms with Crippen molar-refractivity contribution in [1.82, 2.24) is 30.7 Å². The van der Waals surface area contributed by atoms with E-state index in [9.17, 15) is 4.79 Å². The molecular formula is C13H10Cl2N8O2. The van der Waals surface area contributed by atoms with E-state index >= 15 is 0 Å². The van der Waals surface area contributed by atoms with Gasteiger partial charge in [0, 0.05) is 0 Å². The predicted molar refractivity (Wildman–Crippen MR) is 89.9 cm³/mol. The predicted octanol–water partition coefficient (Wildman–Crippen LogP) is 1.61. The highest BCUT2D eigenvalue weighted by molar-refractivity contribution is 6.42. The Morgan fingerprint density at radius 2 is 2.16 bits per heavy atom. The van der Waals surface area contributed by atoms with Gasteiger partial charge >= 0.3 is 0 Å². The molecule has 3 N–H and O–H groups in total. The molecule has 1 amide bonds. The number of aryl methyl sites for hydroxylation is 1. The topological polar surface area (TPSA) is 137 Å². The number of hydrazone groups is 1. The van der Waals surface area contributed by atoms with Crippen molar-refractivity contribution in [3.8, 4) is 5.82 Å². The van der Waals surface area contributed by atoms with Crippen LogP contribution in [0.2, 0.25) is 10.0 Å². The van der Waals surface area contributed by atoms with Crippen LogP contribution in [0.5, 0.6) is 0 Å². The first kappa shape index (κ1) is 16.9. The van der Waals surface area contributed by atoms with E-state index in [4.69, 9.17) is 28.9 Å². The van der Waals surface area contributed by atoms with Gasteiger partial charge in [0.25, 0.3) is 5.91 Å². The van der Waals surface area contributed by atoms with Crippen LogP contribution < -0.4 is 11.2 Å². The van der Waals surface area contributed by atoms with Crippen molar-refractivity contribution in [3.63, 3.8) is 0 Å². The average molecular weight is 381 g/mol. The molecule has 128 valence electrons. The number of hydrogen-bond donors (Lipinski definition) is 2. The largest absolute Gasteiger partial charge is 0.378 e. The SMILES string of the molecule is Cc1nnn(-c2nonc2N)c1C(=O)N/N=C\c1ccc(Cl)c(Cl)c1. The van der Waals surface area contributed by atoms with Crippen molar-refractivity contribution in [2.24, 2.45) is 5.10 Å². The number of nitrogens with zero attached hydrogens (tertiary/aromatic N) is 6. The summed E-state index contributed by atoms with van der Waals surface area (Å²) < 4.78 is 5.62. The van der Waals surface area contributed by atoms with E-state index < -0.39 is 5.91 Å². The first-order valence-corrected chi connectivity index (χ1v) is 7.52.